The second-order valence-corrected chi connectivity index (χ2v) is 8.21. The molecule has 0 aliphatic carbocycles. The Morgan fingerprint density at radius 3 is 2.54 bits per heavy atom. The van der Waals surface area contributed by atoms with Crippen LogP contribution in [0, 0.1) is 11.7 Å². The first-order chi connectivity index (χ1) is 12.3. The van der Waals surface area contributed by atoms with Crippen molar-refractivity contribution in [3.63, 3.8) is 0 Å². The predicted octanol–water partition coefficient (Wildman–Crippen LogP) is 3.70. The molecule has 1 aromatic rings. The third-order valence-corrected chi connectivity index (χ3v) is 5.33. The Kier molecular flexibility index (Phi) is 7.18. The number of halogens is 1. The molecule has 0 aromatic heterocycles. The van der Waals surface area contributed by atoms with Crippen molar-refractivity contribution in [3.8, 4) is 0 Å². The maximum Gasteiger partial charge on any atom is 0.239 e. The maximum absolute atomic E-state index is 14.5. The minimum atomic E-state index is -0.541. The molecule has 146 valence electrons. The predicted molar refractivity (Wildman–Crippen MR) is 103 cm³/mol. The fraction of sp³-hybridized carbons (Fsp3) is 0.667. The summed E-state index contributed by atoms with van der Waals surface area (Å²) in [6, 6.07) is 5.41. The standard InChI is InChI=1S/C21H33FN2O2/c1-15(2)13-23-20(25)21(3,4)24-10-8-17(9-11-24)18-7-6-16(14-26-5)12-19(18)22/h6-7,12,15,17H,8-11,13-14H2,1-5H3,(H,23,25). The number of piperidine rings is 1. The fourth-order valence-corrected chi connectivity index (χ4v) is 3.56. The normalized spacial score (nSPS) is 16.9. The van der Waals surface area contributed by atoms with Gasteiger partial charge in [0.25, 0.3) is 0 Å². The average molecular weight is 365 g/mol. The monoisotopic (exact) mass is 364 g/mol. The number of rotatable bonds is 7. The van der Waals surface area contributed by atoms with Crippen LogP contribution in [-0.2, 0) is 16.1 Å². The van der Waals surface area contributed by atoms with Gasteiger partial charge in [-0.2, -0.15) is 0 Å². The summed E-state index contributed by atoms with van der Waals surface area (Å²) in [6.07, 6.45) is 1.73. The van der Waals surface area contributed by atoms with E-state index in [0.29, 0.717) is 19.1 Å². The molecule has 0 saturated carbocycles. The van der Waals surface area contributed by atoms with Gasteiger partial charge in [-0.3, -0.25) is 9.69 Å². The van der Waals surface area contributed by atoms with Crippen LogP contribution in [0.15, 0.2) is 18.2 Å². The lowest BCUT2D eigenvalue weighted by atomic mass is 9.86. The van der Waals surface area contributed by atoms with Crippen LogP contribution in [0.25, 0.3) is 0 Å². The Labute approximate surface area is 157 Å². The zero-order chi connectivity index (χ0) is 19.3. The number of nitrogens with zero attached hydrogens (tertiary/aromatic N) is 1. The number of nitrogens with one attached hydrogen (secondary N) is 1. The summed E-state index contributed by atoms with van der Waals surface area (Å²) in [5.74, 6) is 0.564. The summed E-state index contributed by atoms with van der Waals surface area (Å²) in [6.45, 7) is 10.8. The van der Waals surface area contributed by atoms with Gasteiger partial charge in [-0.1, -0.05) is 26.0 Å². The van der Waals surface area contributed by atoms with Gasteiger partial charge in [0.15, 0.2) is 0 Å². The SMILES string of the molecule is COCc1ccc(C2CCN(C(C)(C)C(=O)NCC(C)C)CC2)c(F)c1. The van der Waals surface area contributed by atoms with Gasteiger partial charge in [-0.25, -0.2) is 4.39 Å². The van der Waals surface area contributed by atoms with Gasteiger partial charge in [0, 0.05) is 13.7 Å². The molecule has 1 aromatic carbocycles. The van der Waals surface area contributed by atoms with E-state index in [1.54, 1.807) is 13.2 Å². The second-order valence-electron chi connectivity index (χ2n) is 8.21. The Morgan fingerprint density at radius 1 is 1.35 bits per heavy atom. The molecule has 1 aliphatic heterocycles. The van der Waals surface area contributed by atoms with Crippen LogP contribution in [0.1, 0.15) is 57.6 Å². The lowest BCUT2D eigenvalue weighted by molar-refractivity contribution is -0.132. The van der Waals surface area contributed by atoms with Crippen LogP contribution in [0.4, 0.5) is 4.39 Å². The van der Waals surface area contributed by atoms with E-state index >= 15 is 0 Å². The number of methoxy groups -OCH3 is 1. The minimum absolute atomic E-state index is 0.0692. The molecule has 0 radical (unpaired) electrons. The van der Waals surface area contributed by atoms with E-state index in [4.69, 9.17) is 4.74 Å². The largest absolute Gasteiger partial charge is 0.380 e. The van der Waals surface area contributed by atoms with E-state index in [0.717, 1.165) is 37.1 Å². The van der Waals surface area contributed by atoms with Gasteiger partial charge in [-0.15, -0.1) is 0 Å². The first kappa shape index (κ1) is 20.8. The van der Waals surface area contributed by atoms with E-state index in [9.17, 15) is 9.18 Å². The molecule has 2 rings (SSSR count). The molecule has 26 heavy (non-hydrogen) atoms. The minimum Gasteiger partial charge on any atom is -0.380 e. The van der Waals surface area contributed by atoms with Crippen LogP contribution in [0.3, 0.4) is 0 Å². The Balaban J connectivity index is 1.97. The molecule has 4 nitrogen and oxygen atoms in total. The molecular formula is C21H33FN2O2. The van der Waals surface area contributed by atoms with Crippen molar-refractivity contribution in [2.75, 3.05) is 26.7 Å². The Bertz CT molecular complexity index is 608. The number of amides is 1. The van der Waals surface area contributed by atoms with Crippen molar-refractivity contribution in [1.29, 1.82) is 0 Å². The summed E-state index contributed by atoms with van der Waals surface area (Å²) in [5, 5.41) is 3.04. The molecule has 1 saturated heterocycles. The van der Waals surface area contributed by atoms with Gasteiger partial charge >= 0.3 is 0 Å². The molecule has 0 unspecified atom stereocenters. The lowest BCUT2D eigenvalue weighted by Crippen LogP contribution is -2.57. The highest BCUT2D eigenvalue weighted by Crippen LogP contribution is 2.33. The van der Waals surface area contributed by atoms with E-state index in [2.05, 4.69) is 24.1 Å². The molecule has 1 amide bonds. The van der Waals surface area contributed by atoms with Crippen molar-refractivity contribution in [2.24, 2.45) is 5.92 Å². The van der Waals surface area contributed by atoms with Gasteiger partial charge in [0.05, 0.1) is 12.1 Å². The van der Waals surface area contributed by atoms with Gasteiger partial charge < -0.3 is 10.1 Å². The van der Waals surface area contributed by atoms with E-state index in [1.165, 1.54) is 0 Å². The van der Waals surface area contributed by atoms with Crippen molar-refractivity contribution in [3.05, 3.63) is 35.1 Å². The summed E-state index contributed by atoms with van der Waals surface area (Å²) in [7, 11) is 1.61. The third kappa shape index (κ3) is 5.04. The van der Waals surface area contributed by atoms with E-state index < -0.39 is 5.54 Å². The highest BCUT2D eigenvalue weighted by Gasteiger charge is 2.37. The smallest absolute Gasteiger partial charge is 0.239 e. The zero-order valence-electron chi connectivity index (χ0n) is 16.8. The number of hydrogen-bond donors (Lipinski definition) is 1. The number of carbonyl (C=O) groups is 1. The van der Waals surface area contributed by atoms with Gasteiger partial charge in [-0.05, 0) is 68.8 Å². The van der Waals surface area contributed by atoms with Crippen LogP contribution in [0.5, 0.6) is 0 Å². The highest BCUT2D eigenvalue weighted by molar-refractivity contribution is 5.85. The topological polar surface area (TPSA) is 41.6 Å². The van der Waals surface area contributed by atoms with Crippen molar-refractivity contribution in [2.45, 2.75) is 58.6 Å². The van der Waals surface area contributed by atoms with Gasteiger partial charge in [0.2, 0.25) is 5.91 Å². The third-order valence-electron chi connectivity index (χ3n) is 5.33. The summed E-state index contributed by atoms with van der Waals surface area (Å²) in [4.78, 5) is 14.8. The van der Waals surface area contributed by atoms with E-state index in [1.807, 2.05) is 26.0 Å². The lowest BCUT2D eigenvalue weighted by Gasteiger charge is -2.42. The molecule has 0 bridgehead atoms. The fourth-order valence-electron chi connectivity index (χ4n) is 3.56. The molecule has 1 N–H and O–H groups in total. The number of carbonyl (C=O) groups excluding carboxylic acids is 1. The van der Waals surface area contributed by atoms with Crippen molar-refractivity contribution in [1.82, 2.24) is 10.2 Å². The Morgan fingerprint density at radius 2 is 2.00 bits per heavy atom. The zero-order valence-corrected chi connectivity index (χ0v) is 16.8. The van der Waals surface area contributed by atoms with Gasteiger partial charge in [0.1, 0.15) is 5.82 Å². The van der Waals surface area contributed by atoms with Crippen molar-refractivity contribution < 1.29 is 13.9 Å². The maximum atomic E-state index is 14.5. The summed E-state index contributed by atoms with van der Waals surface area (Å²) < 4.78 is 19.5. The summed E-state index contributed by atoms with van der Waals surface area (Å²) >= 11 is 0. The van der Waals surface area contributed by atoms with Crippen LogP contribution in [-0.4, -0.2) is 43.1 Å². The number of likely N-dealkylation sites (tertiary alicyclic amines) is 1. The number of hydrogen-bond acceptors (Lipinski definition) is 3. The van der Waals surface area contributed by atoms with E-state index in [-0.39, 0.29) is 17.6 Å². The molecular weight excluding hydrogens is 331 g/mol. The number of benzene rings is 1. The molecule has 1 heterocycles. The van der Waals surface area contributed by atoms with Crippen LogP contribution >= 0.6 is 0 Å². The highest BCUT2D eigenvalue weighted by atomic mass is 19.1. The second kappa shape index (κ2) is 8.96. The molecule has 1 fully saturated rings. The first-order valence-corrected chi connectivity index (χ1v) is 9.56. The van der Waals surface area contributed by atoms with Crippen molar-refractivity contribution >= 4 is 5.91 Å². The quantitative estimate of drug-likeness (QED) is 0.802. The molecule has 0 spiro atoms. The molecule has 0 atom stereocenters. The average Bonchev–Trinajstić information content (AvgIpc) is 2.60. The van der Waals surface area contributed by atoms with Crippen LogP contribution in [0.2, 0.25) is 0 Å². The first-order valence-electron chi connectivity index (χ1n) is 9.56. The molecule has 5 heteroatoms. The molecule has 1 aliphatic rings. The Hall–Kier alpha value is -1.46. The number of ether oxygens (including phenoxy) is 1. The summed E-state index contributed by atoms with van der Waals surface area (Å²) in [5.41, 5.74) is 1.10. The van der Waals surface area contributed by atoms with Crippen LogP contribution < -0.4 is 5.32 Å².